The number of nitrogens with zero attached hydrogens (tertiary/aromatic N) is 3. The van der Waals surface area contributed by atoms with Crippen LogP contribution in [0.5, 0.6) is 0 Å². The van der Waals surface area contributed by atoms with E-state index >= 15 is 0 Å². The van der Waals surface area contributed by atoms with Gasteiger partial charge in [-0.25, -0.2) is 0 Å². The predicted octanol–water partition coefficient (Wildman–Crippen LogP) is 3.16. The largest absolute Gasteiger partial charge is 0.399 e. The van der Waals surface area contributed by atoms with E-state index in [9.17, 15) is 15.8 Å². The minimum atomic E-state index is -1.36. The SMILES string of the molecule is CCC[C@@H]1[C@H]2C[C@@H](C)CC=C2C(C#N)=C(N)C1(C#N)C#N. The molecule has 0 spiro atoms. The van der Waals surface area contributed by atoms with Crippen LogP contribution in [-0.4, -0.2) is 0 Å². The van der Waals surface area contributed by atoms with E-state index in [1.165, 1.54) is 0 Å². The summed E-state index contributed by atoms with van der Waals surface area (Å²) in [6.45, 7) is 4.22. The van der Waals surface area contributed by atoms with E-state index in [2.05, 4.69) is 38.1 Å². The maximum atomic E-state index is 9.66. The smallest absolute Gasteiger partial charge is 0.187 e. The molecule has 2 rings (SSSR count). The lowest BCUT2D eigenvalue weighted by molar-refractivity contribution is 0.200. The number of nitrogens with two attached hydrogens (primary N) is 1. The third kappa shape index (κ3) is 2.10. The highest BCUT2D eigenvalue weighted by Gasteiger charge is 2.52. The summed E-state index contributed by atoms with van der Waals surface area (Å²) in [6, 6.07) is 6.42. The van der Waals surface area contributed by atoms with E-state index in [0.29, 0.717) is 11.5 Å². The Morgan fingerprint density at radius 1 is 1.33 bits per heavy atom. The third-order valence-corrected chi connectivity index (χ3v) is 4.88. The highest BCUT2D eigenvalue weighted by Crippen LogP contribution is 2.53. The number of rotatable bonds is 2. The molecule has 0 aliphatic heterocycles. The summed E-state index contributed by atoms with van der Waals surface area (Å²) in [6.07, 6.45) is 5.60. The zero-order chi connectivity index (χ0) is 15.6. The fourth-order valence-corrected chi connectivity index (χ4v) is 3.82. The Labute approximate surface area is 126 Å². The number of fused-ring (bicyclic) bond motifs is 1. The molecule has 4 heteroatoms. The van der Waals surface area contributed by atoms with E-state index in [4.69, 9.17) is 5.73 Å². The second-order valence-electron chi connectivity index (χ2n) is 6.17. The van der Waals surface area contributed by atoms with E-state index < -0.39 is 5.41 Å². The van der Waals surface area contributed by atoms with Crippen LogP contribution in [0.4, 0.5) is 0 Å². The van der Waals surface area contributed by atoms with Crippen LogP contribution in [0.1, 0.15) is 39.5 Å². The van der Waals surface area contributed by atoms with Crippen molar-refractivity contribution in [2.24, 2.45) is 28.9 Å². The molecular weight excluding hydrogens is 260 g/mol. The summed E-state index contributed by atoms with van der Waals surface area (Å²) in [5.41, 5.74) is 6.25. The summed E-state index contributed by atoms with van der Waals surface area (Å²) in [4.78, 5) is 0. The highest BCUT2D eigenvalue weighted by atomic mass is 14.7. The molecule has 2 N–H and O–H groups in total. The van der Waals surface area contributed by atoms with Gasteiger partial charge in [-0.05, 0) is 36.7 Å². The van der Waals surface area contributed by atoms with Crippen LogP contribution in [0.25, 0.3) is 0 Å². The Kier molecular flexibility index (Phi) is 4.06. The quantitative estimate of drug-likeness (QED) is 0.840. The Morgan fingerprint density at radius 2 is 2.00 bits per heavy atom. The standard InChI is InChI=1S/C17H20N4/c1-3-4-15-13-7-11(2)5-6-12(13)14(8-18)16(21)17(15,9-19)10-20/h6,11,13,15H,3-5,7,21H2,1-2H3/t11-,13-,15+/m0/s1. The molecule has 0 aromatic rings. The first-order chi connectivity index (χ1) is 10.1. The molecule has 0 unspecified atom stereocenters. The molecule has 108 valence electrons. The fourth-order valence-electron chi connectivity index (χ4n) is 3.82. The Bertz CT molecular complexity index is 607. The predicted molar refractivity (Wildman–Crippen MR) is 78.9 cm³/mol. The van der Waals surface area contributed by atoms with Crippen molar-refractivity contribution in [3.63, 3.8) is 0 Å². The van der Waals surface area contributed by atoms with Crippen molar-refractivity contribution < 1.29 is 0 Å². The Hall–Kier alpha value is -2.25. The molecule has 2 aliphatic carbocycles. The van der Waals surface area contributed by atoms with Crippen LogP contribution < -0.4 is 5.73 Å². The first kappa shape index (κ1) is 15.1. The molecular formula is C17H20N4. The van der Waals surface area contributed by atoms with Crippen molar-refractivity contribution in [1.29, 1.82) is 15.8 Å². The summed E-state index contributed by atoms with van der Waals surface area (Å²) < 4.78 is 0. The molecule has 4 nitrogen and oxygen atoms in total. The first-order valence-electron chi connectivity index (χ1n) is 7.48. The third-order valence-electron chi connectivity index (χ3n) is 4.88. The molecule has 0 aromatic carbocycles. The lowest BCUT2D eigenvalue weighted by Crippen LogP contribution is -2.44. The zero-order valence-corrected chi connectivity index (χ0v) is 12.6. The maximum Gasteiger partial charge on any atom is 0.187 e. The minimum absolute atomic E-state index is 0.0925. The highest BCUT2D eigenvalue weighted by molar-refractivity contribution is 5.56. The molecule has 0 bridgehead atoms. The van der Waals surface area contributed by atoms with Crippen molar-refractivity contribution >= 4 is 0 Å². The number of nitriles is 3. The Morgan fingerprint density at radius 3 is 2.52 bits per heavy atom. The Balaban J connectivity index is 2.71. The summed E-state index contributed by atoms with van der Waals surface area (Å²) >= 11 is 0. The number of hydrogen-bond acceptors (Lipinski definition) is 4. The molecule has 3 atom stereocenters. The van der Waals surface area contributed by atoms with Gasteiger partial charge < -0.3 is 5.73 Å². The molecule has 0 radical (unpaired) electrons. The van der Waals surface area contributed by atoms with Crippen LogP contribution in [0.15, 0.2) is 22.9 Å². The van der Waals surface area contributed by atoms with Gasteiger partial charge >= 0.3 is 0 Å². The van der Waals surface area contributed by atoms with Gasteiger partial charge in [0.05, 0.1) is 23.4 Å². The van der Waals surface area contributed by atoms with Gasteiger partial charge in [0.15, 0.2) is 5.41 Å². The fraction of sp³-hybridized carbons (Fsp3) is 0.588. The van der Waals surface area contributed by atoms with Crippen molar-refractivity contribution in [3.05, 3.63) is 22.9 Å². The number of hydrogen-bond donors (Lipinski definition) is 1. The van der Waals surface area contributed by atoms with Gasteiger partial charge in [-0.15, -0.1) is 0 Å². The summed E-state index contributed by atoms with van der Waals surface area (Å²) in [7, 11) is 0. The second-order valence-corrected chi connectivity index (χ2v) is 6.17. The van der Waals surface area contributed by atoms with Gasteiger partial charge in [-0.2, -0.15) is 15.8 Å². The van der Waals surface area contributed by atoms with E-state index in [0.717, 1.165) is 31.3 Å². The lowest BCUT2D eigenvalue weighted by atomic mass is 9.56. The maximum absolute atomic E-state index is 9.66. The van der Waals surface area contributed by atoms with Gasteiger partial charge in [0, 0.05) is 5.92 Å². The first-order valence-corrected chi connectivity index (χ1v) is 7.48. The van der Waals surface area contributed by atoms with Crippen molar-refractivity contribution in [3.8, 4) is 18.2 Å². The summed E-state index contributed by atoms with van der Waals surface area (Å²) in [5, 5.41) is 28.8. The zero-order valence-electron chi connectivity index (χ0n) is 12.6. The van der Waals surface area contributed by atoms with Crippen LogP contribution in [0.3, 0.4) is 0 Å². The molecule has 0 amide bonds. The van der Waals surface area contributed by atoms with Crippen LogP contribution in [-0.2, 0) is 0 Å². The lowest BCUT2D eigenvalue weighted by Gasteiger charge is -2.44. The average molecular weight is 280 g/mol. The van der Waals surface area contributed by atoms with Crippen LogP contribution in [0.2, 0.25) is 0 Å². The molecule has 0 fully saturated rings. The van der Waals surface area contributed by atoms with E-state index in [1.807, 2.05) is 0 Å². The molecule has 21 heavy (non-hydrogen) atoms. The molecule has 0 saturated heterocycles. The normalized spacial score (nSPS) is 30.4. The van der Waals surface area contributed by atoms with Crippen LogP contribution >= 0.6 is 0 Å². The monoisotopic (exact) mass is 280 g/mol. The van der Waals surface area contributed by atoms with E-state index in [-0.39, 0.29) is 17.5 Å². The second kappa shape index (κ2) is 5.63. The van der Waals surface area contributed by atoms with E-state index in [1.54, 1.807) is 0 Å². The van der Waals surface area contributed by atoms with Gasteiger partial charge in [0.25, 0.3) is 0 Å². The average Bonchev–Trinajstić information content (AvgIpc) is 2.49. The van der Waals surface area contributed by atoms with Gasteiger partial charge in [0.2, 0.25) is 0 Å². The molecule has 0 aromatic heterocycles. The van der Waals surface area contributed by atoms with Gasteiger partial charge in [-0.3, -0.25) is 0 Å². The van der Waals surface area contributed by atoms with Crippen molar-refractivity contribution in [2.75, 3.05) is 0 Å². The van der Waals surface area contributed by atoms with Crippen molar-refractivity contribution in [1.82, 2.24) is 0 Å². The summed E-state index contributed by atoms with van der Waals surface area (Å²) in [5.74, 6) is 0.478. The van der Waals surface area contributed by atoms with Gasteiger partial charge in [0.1, 0.15) is 6.07 Å². The topological polar surface area (TPSA) is 97.4 Å². The molecule has 2 aliphatic rings. The van der Waals surface area contributed by atoms with Crippen molar-refractivity contribution in [2.45, 2.75) is 39.5 Å². The minimum Gasteiger partial charge on any atom is -0.399 e. The molecule has 0 heterocycles. The molecule has 0 saturated carbocycles. The van der Waals surface area contributed by atoms with Gasteiger partial charge in [-0.1, -0.05) is 26.3 Å². The number of allylic oxidation sites excluding steroid dienone is 4. The van der Waals surface area contributed by atoms with Crippen LogP contribution in [0, 0.1) is 57.2 Å².